The van der Waals surface area contributed by atoms with Crippen molar-refractivity contribution in [2.24, 2.45) is 0 Å². The molecule has 1 N–H and O–H groups in total. The molecule has 8 rings (SSSR count). The summed E-state index contributed by atoms with van der Waals surface area (Å²) in [6, 6.07) is 35.0. The van der Waals surface area contributed by atoms with E-state index < -0.39 is 54.9 Å². The van der Waals surface area contributed by atoms with Gasteiger partial charge < -0.3 is 38.3 Å². The molecule has 6 aromatic rings. The zero-order valence-corrected chi connectivity index (χ0v) is 41.4. The standard InChI is InChI=1S/C52H58N7O10P/c1-34(2)59(35(3)4)70(62,29-42(60)67-50(5,6)27-28-53)69-45-44-49(58-33-56-43-46(54-32-55-47(43)58)57-48(61)36-15-11-9-12-16-36)68-51(45,30-65-44)31-66-52(37-17-13-10-14-18-37,38-19-23-40(63-7)24-20-38)39-21-25-41(64-8)26-22-39/h9-26,32-35,44-45,49H,27,29-31H2,1-8H3,(H,54,55,57,61). The Morgan fingerprint density at radius 1 is 0.871 bits per heavy atom. The molecule has 2 aromatic heterocycles. The van der Waals surface area contributed by atoms with Crippen LogP contribution in [0.5, 0.6) is 11.5 Å². The monoisotopic (exact) mass is 971 g/mol. The lowest BCUT2D eigenvalue weighted by molar-refractivity contribution is -0.201. The minimum absolute atomic E-state index is 0.0715. The number of esters is 1. The predicted octanol–water partition coefficient (Wildman–Crippen LogP) is 8.70. The van der Waals surface area contributed by atoms with E-state index in [9.17, 15) is 14.9 Å². The Morgan fingerprint density at radius 2 is 1.46 bits per heavy atom. The maximum Gasteiger partial charge on any atom is 0.317 e. The Hall–Kier alpha value is -6.51. The van der Waals surface area contributed by atoms with Gasteiger partial charge in [0.1, 0.15) is 53.0 Å². The van der Waals surface area contributed by atoms with Crippen LogP contribution in [0.15, 0.2) is 122 Å². The molecule has 1 amide bonds. The molecular formula is C52H58N7O10P. The van der Waals surface area contributed by atoms with Gasteiger partial charge in [-0.15, -0.1) is 0 Å². The molecule has 0 spiro atoms. The smallest absolute Gasteiger partial charge is 0.317 e. The molecule has 0 saturated carbocycles. The molecule has 0 aliphatic carbocycles. The number of nitrogens with zero attached hydrogens (tertiary/aromatic N) is 6. The SMILES string of the molecule is COc1ccc(C(OCC23COC(C(n4cnc5c(NC(=O)c6ccccc6)ncnc54)O2)C3OP(=O)(CC(=O)OC(C)(C)CC#N)N(C(C)C)C(C)C)(c2ccccc2)c2ccc(OC)cc2)cc1. The molecule has 2 saturated heterocycles. The molecule has 2 aliphatic rings. The maximum absolute atomic E-state index is 16.0. The number of rotatable bonds is 20. The molecule has 0 radical (unpaired) electrons. The van der Waals surface area contributed by atoms with Crippen molar-refractivity contribution in [1.29, 1.82) is 5.26 Å². The van der Waals surface area contributed by atoms with Crippen LogP contribution in [0.25, 0.3) is 11.2 Å². The number of hydrogen-bond acceptors (Lipinski definition) is 14. The van der Waals surface area contributed by atoms with Gasteiger partial charge in [0, 0.05) is 17.6 Å². The van der Waals surface area contributed by atoms with Gasteiger partial charge in [-0.3, -0.25) is 18.7 Å². The first kappa shape index (κ1) is 49.9. The fraction of sp³-hybridized carbons (Fsp3) is 0.385. The quantitative estimate of drug-likeness (QED) is 0.0433. The zero-order chi connectivity index (χ0) is 49.8. The topological polar surface area (TPSA) is 198 Å². The third-order valence-electron chi connectivity index (χ3n) is 12.5. The number of anilines is 1. The number of carbonyl (C=O) groups excluding carboxylic acids is 2. The van der Waals surface area contributed by atoms with Gasteiger partial charge in [0.2, 0.25) is 0 Å². The van der Waals surface area contributed by atoms with Crippen molar-refractivity contribution in [2.75, 3.05) is 38.9 Å². The molecule has 18 heteroatoms. The van der Waals surface area contributed by atoms with Crippen LogP contribution >= 0.6 is 7.52 Å². The second-order valence-corrected chi connectivity index (χ2v) is 20.7. The summed E-state index contributed by atoms with van der Waals surface area (Å²) in [6.45, 7) is 10.5. The summed E-state index contributed by atoms with van der Waals surface area (Å²) >= 11 is 0. The minimum Gasteiger partial charge on any atom is -0.497 e. The highest BCUT2D eigenvalue weighted by molar-refractivity contribution is 7.57. The van der Waals surface area contributed by atoms with Gasteiger partial charge >= 0.3 is 5.97 Å². The van der Waals surface area contributed by atoms with E-state index in [0.29, 0.717) is 22.7 Å². The van der Waals surface area contributed by atoms with Crippen LogP contribution in [0, 0.1) is 11.3 Å². The first-order valence-electron chi connectivity index (χ1n) is 23.0. The number of ether oxygens (including phenoxy) is 6. The maximum atomic E-state index is 16.0. The van der Waals surface area contributed by atoms with E-state index >= 15 is 4.57 Å². The highest BCUT2D eigenvalue weighted by Crippen LogP contribution is 2.60. The lowest BCUT2D eigenvalue weighted by Crippen LogP contribution is -2.50. The zero-order valence-electron chi connectivity index (χ0n) is 40.5. The molecule has 4 heterocycles. The Kier molecular flexibility index (Phi) is 14.6. The van der Waals surface area contributed by atoms with Gasteiger partial charge in [-0.25, -0.2) is 19.6 Å². The Bertz CT molecular complexity index is 2820. The average Bonchev–Trinajstić information content (AvgIpc) is 4.02. The molecule has 366 valence electrons. The molecule has 17 nitrogen and oxygen atoms in total. The van der Waals surface area contributed by atoms with Gasteiger partial charge in [0.15, 0.2) is 23.2 Å². The summed E-state index contributed by atoms with van der Waals surface area (Å²) in [7, 11) is -1.05. The largest absolute Gasteiger partial charge is 0.497 e. The van der Waals surface area contributed by atoms with Crippen molar-refractivity contribution in [1.82, 2.24) is 24.2 Å². The van der Waals surface area contributed by atoms with Gasteiger partial charge in [0.25, 0.3) is 13.4 Å². The summed E-state index contributed by atoms with van der Waals surface area (Å²) in [4.78, 5) is 40.9. The fourth-order valence-electron chi connectivity index (χ4n) is 9.46. The highest BCUT2D eigenvalue weighted by atomic mass is 31.2. The highest BCUT2D eigenvalue weighted by Gasteiger charge is 2.66. The van der Waals surface area contributed by atoms with Crippen LogP contribution in [0.2, 0.25) is 0 Å². The lowest BCUT2D eigenvalue weighted by Gasteiger charge is -2.42. The van der Waals surface area contributed by atoms with Crippen molar-refractivity contribution < 1.29 is 47.1 Å². The third kappa shape index (κ3) is 9.80. The van der Waals surface area contributed by atoms with E-state index in [0.717, 1.165) is 16.7 Å². The van der Waals surface area contributed by atoms with E-state index in [4.69, 9.17) is 32.9 Å². The van der Waals surface area contributed by atoms with Gasteiger partial charge in [0.05, 0.1) is 46.3 Å². The van der Waals surface area contributed by atoms with Crippen molar-refractivity contribution in [3.05, 3.63) is 144 Å². The molecule has 5 atom stereocenters. The van der Waals surface area contributed by atoms with Crippen molar-refractivity contribution in [3.63, 3.8) is 0 Å². The molecule has 2 fully saturated rings. The number of amides is 1. The number of methoxy groups -OCH3 is 2. The number of benzene rings is 4. The second-order valence-electron chi connectivity index (χ2n) is 18.5. The van der Waals surface area contributed by atoms with E-state index in [-0.39, 0.29) is 49.0 Å². The molecule has 2 aliphatic heterocycles. The van der Waals surface area contributed by atoms with Crippen LogP contribution < -0.4 is 14.8 Å². The van der Waals surface area contributed by atoms with E-state index in [1.165, 1.54) is 12.7 Å². The number of fused-ring (bicyclic) bond motifs is 3. The van der Waals surface area contributed by atoms with Crippen LogP contribution in [0.1, 0.15) is 81.2 Å². The Labute approximate surface area is 407 Å². The number of nitriles is 1. The van der Waals surface area contributed by atoms with Crippen molar-refractivity contribution >= 4 is 36.4 Å². The number of nitrogens with one attached hydrogen (secondary N) is 1. The van der Waals surface area contributed by atoms with Crippen LogP contribution in [-0.4, -0.2) is 105 Å². The van der Waals surface area contributed by atoms with Gasteiger partial charge in [-0.05, 0) is 94.6 Å². The first-order valence-corrected chi connectivity index (χ1v) is 24.8. The number of imidazole rings is 1. The molecular weight excluding hydrogens is 914 g/mol. The number of hydrogen-bond donors (Lipinski definition) is 1. The molecule has 5 unspecified atom stereocenters. The number of aromatic nitrogens is 4. The van der Waals surface area contributed by atoms with Crippen LogP contribution in [0.4, 0.5) is 5.82 Å². The molecule has 2 bridgehead atoms. The van der Waals surface area contributed by atoms with Gasteiger partial charge in [-0.1, -0.05) is 72.8 Å². The predicted molar refractivity (Wildman–Crippen MR) is 260 cm³/mol. The summed E-state index contributed by atoms with van der Waals surface area (Å²) in [5, 5.41) is 12.4. The number of carbonyl (C=O) groups is 2. The first-order chi connectivity index (χ1) is 33.6. The van der Waals surface area contributed by atoms with Gasteiger partial charge in [-0.2, -0.15) is 5.26 Å². The van der Waals surface area contributed by atoms with Crippen molar-refractivity contribution in [2.45, 2.75) is 95.3 Å². The van der Waals surface area contributed by atoms with E-state index in [1.54, 1.807) is 61.6 Å². The lowest BCUT2D eigenvalue weighted by atomic mass is 9.79. The summed E-state index contributed by atoms with van der Waals surface area (Å²) in [5.41, 5.74) is -0.688. The third-order valence-corrected chi connectivity index (χ3v) is 15.3. The molecule has 70 heavy (non-hydrogen) atoms. The summed E-state index contributed by atoms with van der Waals surface area (Å²) in [5.74, 6) is 0.274. The van der Waals surface area contributed by atoms with E-state index in [2.05, 4.69) is 26.3 Å². The fourth-order valence-corrected chi connectivity index (χ4v) is 12.3. The Balaban J connectivity index is 1.26. The van der Waals surface area contributed by atoms with Crippen molar-refractivity contribution in [3.8, 4) is 17.6 Å². The minimum atomic E-state index is -4.26. The average molecular weight is 972 g/mol. The second kappa shape index (κ2) is 20.4. The Morgan fingerprint density at radius 3 is 2.03 bits per heavy atom. The van der Waals surface area contributed by atoms with Crippen LogP contribution in [-0.2, 0) is 38.4 Å². The normalized spacial score (nSPS) is 19.8. The van der Waals surface area contributed by atoms with Crippen LogP contribution in [0.3, 0.4) is 0 Å². The van der Waals surface area contributed by atoms with E-state index in [1.807, 2.05) is 113 Å². The summed E-state index contributed by atoms with van der Waals surface area (Å²) < 4.78 is 64.8. The molecule has 4 aromatic carbocycles. The summed E-state index contributed by atoms with van der Waals surface area (Å²) in [6.07, 6.45) is -1.04.